The van der Waals surface area contributed by atoms with E-state index < -0.39 is 24.2 Å². The van der Waals surface area contributed by atoms with Crippen molar-refractivity contribution >= 4 is 23.4 Å². The van der Waals surface area contributed by atoms with Crippen molar-refractivity contribution in [3.05, 3.63) is 16.8 Å². The fourth-order valence-corrected chi connectivity index (χ4v) is 2.45. The van der Waals surface area contributed by atoms with Gasteiger partial charge in [-0.25, -0.2) is 14.1 Å². The Morgan fingerprint density at radius 2 is 2.10 bits per heavy atom. The molecule has 116 valence electrons. The molecule has 2 unspecified atom stereocenters. The summed E-state index contributed by atoms with van der Waals surface area (Å²) in [5.74, 6) is 0.00373. The maximum atomic E-state index is 14.1. The second-order valence-electron chi connectivity index (χ2n) is 5.18. The minimum absolute atomic E-state index is 0.00373. The molecule has 1 N–H and O–H groups in total. The SMILES string of the molecule is COC1C(O)N(c2cc(C(C)(C)F)c(Cl)nn2)C(=O)N1C. The van der Waals surface area contributed by atoms with Crippen LogP contribution < -0.4 is 4.90 Å². The van der Waals surface area contributed by atoms with Gasteiger partial charge in [0.1, 0.15) is 5.67 Å². The topological polar surface area (TPSA) is 78.8 Å². The first-order chi connectivity index (χ1) is 9.68. The number of anilines is 1. The van der Waals surface area contributed by atoms with Gasteiger partial charge >= 0.3 is 6.03 Å². The van der Waals surface area contributed by atoms with Crippen LogP contribution in [0.1, 0.15) is 19.4 Å². The molecule has 0 aromatic carbocycles. The first kappa shape index (κ1) is 15.9. The summed E-state index contributed by atoms with van der Waals surface area (Å²) in [7, 11) is 2.84. The number of alkyl halides is 1. The monoisotopic (exact) mass is 318 g/mol. The van der Waals surface area contributed by atoms with Crippen molar-refractivity contribution in [1.82, 2.24) is 15.1 Å². The Kier molecular flexibility index (Phi) is 4.05. The molecule has 0 bridgehead atoms. The standard InChI is InChI=1S/C12H16ClFN4O3/c1-12(2,14)6-5-7(15-16-8(6)13)18-9(19)10(21-4)17(3)11(18)20/h5,9-10,19H,1-4H3. The van der Waals surface area contributed by atoms with Crippen LogP contribution in [0.15, 0.2) is 6.07 Å². The first-order valence-electron chi connectivity index (χ1n) is 6.18. The lowest BCUT2D eigenvalue weighted by molar-refractivity contribution is -0.0490. The Labute approximate surface area is 126 Å². The number of halogens is 2. The van der Waals surface area contributed by atoms with Crippen LogP contribution in [-0.2, 0) is 10.4 Å². The molecular weight excluding hydrogens is 303 g/mol. The molecule has 21 heavy (non-hydrogen) atoms. The Bertz CT molecular complexity index is 566. The van der Waals surface area contributed by atoms with Crippen LogP contribution in [0.2, 0.25) is 5.15 Å². The average Bonchev–Trinajstić information content (AvgIpc) is 2.60. The molecule has 1 aromatic heterocycles. The van der Waals surface area contributed by atoms with Crippen molar-refractivity contribution in [3.8, 4) is 0 Å². The normalized spacial score (nSPS) is 23.1. The number of urea groups is 1. The lowest BCUT2D eigenvalue weighted by atomic mass is 10.0. The van der Waals surface area contributed by atoms with Gasteiger partial charge in [0, 0.05) is 19.7 Å². The number of hydrogen-bond donors (Lipinski definition) is 1. The molecule has 1 aliphatic heterocycles. The van der Waals surface area contributed by atoms with Gasteiger partial charge in [-0.15, -0.1) is 10.2 Å². The lowest BCUT2D eigenvalue weighted by Crippen LogP contribution is -2.38. The number of likely N-dealkylation sites (N-methyl/N-ethyl adjacent to an activating group) is 1. The van der Waals surface area contributed by atoms with Crippen molar-refractivity contribution < 1.29 is 19.0 Å². The number of ether oxygens (including phenoxy) is 1. The fraction of sp³-hybridized carbons (Fsp3) is 0.583. The maximum Gasteiger partial charge on any atom is 0.329 e. The Morgan fingerprint density at radius 3 is 2.57 bits per heavy atom. The quantitative estimate of drug-likeness (QED) is 0.913. The van der Waals surface area contributed by atoms with Gasteiger partial charge < -0.3 is 9.84 Å². The van der Waals surface area contributed by atoms with Gasteiger partial charge in [-0.2, -0.15) is 0 Å². The molecular formula is C12H16ClFN4O3. The fourth-order valence-electron chi connectivity index (χ4n) is 2.13. The van der Waals surface area contributed by atoms with Gasteiger partial charge in [-0.3, -0.25) is 4.90 Å². The number of aliphatic hydroxyl groups excluding tert-OH is 1. The molecule has 1 aliphatic rings. The van der Waals surface area contributed by atoms with Crippen LogP contribution in [0.25, 0.3) is 0 Å². The smallest absolute Gasteiger partial charge is 0.329 e. The summed E-state index contributed by atoms with van der Waals surface area (Å²) in [6.07, 6.45) is -2.13. The van der Waals surface area contributed by atoms with E-state index in [0.717, 1.165) is 4.90 Å². The number of nitrogens with zero attached hydrogens (tertiary/aromatic N) is 4. The molecule has 2 amide bonds. The van der Waals surface area contributed by atoms with E-state index in [1.807, 2.05) is 0 Å². The summed E-state index contributed by atoms with van der Waals surface area (Å²) in [6.45, 7) is 2.62. The number of methoxy groups -OCH3 is 1. The van der Waals surface area contributed by atoms with Crippen LogP contribution in [0.4, 0.5) is 15.0 Å². The predicted octanol–water partition coefficient (Wildman–Crippen LogP) is 1.50. The van der Waals surface area contributed by atoms with Crippen molar-refractivity contribution in [1.29, 1.82) is 0 Å². The number of rotatable bonds is 3. The molecule has 2 rings (SSSR count). The maximum absolute atomic E-state index is 14.1. The first-order valence-corrected chi connectivity index (χ1v) is 6.55. The van der Waals surface area contributed by atoms with Gasteiger partial charge in [0.25, 0.3) is 0 Å². The third-order valence-corrected chi connectivity index (χ3v) is 3.55. The summed E-state index contributed by atoms with van der Waals surface area (Å²) in [4.78, 5) is 14.3. The van der Waals surface area contributed by atoms with Gasteiger partial charge in [-0.1, -0.05) is 11.6 Å². The minimum atomic E-state index is -1.76. The van der Waals surface area contributed by atoms with E-state index in [1.54, 1.807) is 0 Å². The van der Waals surface area contributed by atoms with Crippen molar-refractivity contribution in [3.63, 3.8) is 0 Å². The molecule has 7 nitrogen and oxygen atoms in total. The van der Waals surface area contributed by atoms with Crippen molar-refractivity contribution in [2.24, 2.45) is 0 Å². The molecule has 2 atom stereocenters. The summed E-state index contributed by atoms with van der Waals surface area (Å²) >= 11 is 5.83. The van der Waals surface area contributed by atoms with Crippen molar-refractivity contribution in [2.75, 3.05) is 19.1 Å². The minimum Gasteiger partial charge on any atom is -0.369 e. The molecule has 0 spiro atoms. The Hall–Kier alpha value is -1.51. The van der Waals surface area contributed by atoms with Crippen molar-refractivity contribution in [2.45, 2.75) is 32.0 Å². The summed E-state index contributed by atoms with van der Waals surface area (Å²) in [5, 5.41) is 17.5. The highest BCUT2D eigenvalue weighted by atomic mass is 35.5. The summed E-state index contributed by atoms with van der Waals surface area (Å²) < 4.78 is 19.2. The molecule has 0 aliphatic carbocycles. The molecule has 2 heterocycles. The number of carbonyl (C=O) groups excluding carboxylic acids is 1. The largest absolute Gasteiger partial charge is 0.369 e. The van der Waals surface area contributed by atoms with E-state index >= 15 is 0 Å². The molecule has 1 saturated heterocycles. The van der Waals surface area contributed by atoms with E-state index in [-0.39, 0.29) is 16.5 Å². The van der Waals surface area contributed by atoms with E-state index in [2.05, 4.69) is 10.2 Å². The zero-order valence-electron chi connectivity index (χ0n) is 12.0. The number of amides is 2. The zero-order chi connectivity index (χ0) is 15.9. The molecule has 0 radical (unpaired) electrons. The van der Waals surface area contributed by atoms with Crippen LogP contribution >= 0.6 is 11.6 Å². The number of hydrogen-bond acceptors (Lipinski definition) is 5. The molecule has 1 fully saturated rings. The molecule has 9 heteroatoms. The van der Waals surface area contributed by atoms with E-state index in [0.29, 0.717) is 0 Å². The zero-order valence-corrected chi connectivity index (χ0v) is 12.8. The third-order valence-electron chi connectivity index (χ3n) is 3.27. The van der Waals surface area contributed by atoms with Crippen LogP contribution in [0.3, 0.4) is 0 Å². The highest BCUT2D eigenvalue weighted by Gasteiger charge is 2.45. The van der Waals surface area contributed by atoms with Gasteiger partial charge in [-0.05, 0) is 19.9 Å². The van der Waals surface area contributed by atoms with Crippen LogP contribution in [0, 0.1) is 0 Å². The van der Waals surface area contributed by atoms with Gasteiger partial charge in [0.2, 0.25) is 0 Å². The number of aliphatic hydroxyl groups is 1. The molecule has 1 aromatic rings. The van der Waals surface area contributed by atoms with E-state index in [4.69, 9.17) is 16.3 Å². The molecule has 0 saturated carbocycles. The second kappa shape index (κ2) is 5.36. The summed E-state index contributed by atoms with van der Waals surface area (Å²) in [6, 6.07) is 0.760. The number of carbonyl (C=O) groups is 1. The highest BCUT2D eigenvalue weighted by Crippen LogP contribution is 2.33. The van der Waals surface area contributed by atoms with Crippen LogP contribution in [0.5, 0.6) is 0 Å². The Morgan fingerprint density at radius 1 is 1.48 bits per heavy atom. The second-order valence-corrected chi connectivity index (χ2v) is 5.54. The lowest BCUT2D eigenvalue weighted by Gasteiger charge is -2.22. The third kappa shape index (κ3) is 2.66. The average molecular weight is 319 g/mol. The van der Waals surface area contributed by atoms with E-state index in [9.17, 15) is 14.3 Å². The van der Waals surface area contributed by atoms with Gasteiger partial charge in [0.15, 0.2) is 23.4 Å². The highest BCUT2D eigenvalue weighted by molar-refractivity contribution is 6.30. The Balaban J connectivity index is 2.46. The van der Waals surface area contributed by atoms with Gasteiger partial charge in [0.05, 0.1) is 0 Å². The predicted molar refractivity (Wildman–Crippen MR) is 73.6 cm³/mol. The summed E-state index contributed by atoms with van der Waals surface area (Å²) in [5.41, 5.74) is -1.68. The number of aromatic nitrogens is 2. The van der Waals surface area contributed by atoms with E-state index in [1.165, 1.54) is 39.0 Å². The van der Waals surface area contributed by atoms with Crippen LogP contribution in [-0.4, -0.2) is 52.8 Å².